The number of fused-ring (bicyclic) bond motifs is 1. The maximum atomic E-state index is 4.00. The van der Waals surface area contributed by atoms with Crippen molar-refractivity contribution in [2.24, 2.45) is 0 Å². The highest BCUT2D eigenvalue weighted by Gasteiger charge is 2.26. The molecule has 1 aliphatic carbocycles. The van der Waals surface area contributed by atoms with Crippen LogP contribution in [0.1, 0.15) is 61.8 Å². The lowest BCUT2D eigenvalue weighted by Crippen LogP contribution is -2.50. The molecule has 0 radical (unpaired) electrons. The Hall–Kier alpha value is -2.10. The normalized spacial score (nSPS) is 20.6. The second kappa shape index (κ2) is 9.41. The summed E-state index contributed by atoms with van der Waals surface area (Å²) in [6.07, 6.45) is 8.56. The predicted molar refractivity (Wildman–Crippen MR) is 137 cm³/mol. The molecular weight excluding hydrogens is 390 g/mol. The van der Waals surface area contributed by atoms with Gasteiger partial charge in [0.05, 0.1) is 0 Å². The zero-order chi connectivity index (χ0) is 22.1. The number of hydrogen-bond donors (Lipinski definition) is 1. The molecule has 0 atom stereocenters. The second-order valence-corrected chi connectivity index (χ2v) is 10.4. The third-order valence-electron chi connectivity index (χ3n) is 7.92. The molecule has 2 saturated heterocycles. The van der Waals surface area contributed by atoms with E-state index in [-0.39, 0.29) is 0 Å². The van der Waals surface area contributed by atoms with E-state index in [1.54, 1.807) is 0 Å². The smallest absolute Gasteiger partial charge is 0.0372 e. The van der Waals surface area contributed by atoms with Crippen molar-refractivity contribution in [3.8, 4) is 0 Å². The first kappa shape index (κ1) is 21.7. The van der Waals surface area contributed by atoms with Crippen molar-refractivity contribution in [3.63, 3.8) is 0 Å². The standard InChI is InChI=1S/C29H39N3/c1-21(2)31-14-10-26(11-15-31)30-27-12-16-32(17-13-27)28-9-8-22(3)29(20-28)25-18-23-6-4-5-7-24(23)19-25/h4-9,18,20-21,26-27,30H,10-17,19H2,1-3H3. The number of likely N-dealkylation sites (tertiary alicyclic amines) is 1. The van der Waals surface area contributed by atoms with Gasteiger partial charge in [-0.25, -0.2) is 0 Å². The Morgan fingerprint density at radius 1 is 0.875 bits per heavy atom. The Balaban J connectivity index is 1.18. The van der Waals surface area contributed by atoms with Gasteiger partial charge in [0.15, 0.2) is 0 Å². The zero-order valence-electron chi connectivity index (χ0n) is 20.1. The summed E-state index contributed by atoms with van der Waals surface area (Å²) in [6.45, 7) is 11.7. The van der Waals surface area contributed by atoms with E-state index in [0.29, 0.717) is 18.1 Å². The molecule has 0 bridgehead atoms. The summed E-state index contributed by atoms with van der Waals surface area (Å²) in [7, 11) is 0. The summed E-state index contributed by atoms with van der Waals surface area (Å²) in [4.78, 5) is 5.22. The molecule has 1 N–H and O–H groups in total. The maximum absolute atomic E-state index is 4.00. The van der Waals surface area contributed by atoms with Gasteiger partial charge in [0.2, 0.25) is 0 Å². The topological polar surface area (TPSA) is 18.5 Å². The van der Waals surface area contributed by atoms with Crippen LogP contribution in [0.5, 0.6) is 0 Å². The van der Waals surface area contributed by atoms with E-state index in [4.69, 9.17) is 0 Å². The Labute approximate surface area is 194 Å². The Morgan fingerprint density at radius 2 is 1.56 bits per heavy atom. The molecule has 2 aliphatic heterocycles. The zero-order valence-corrected chi connectivity index (χ0v) is 20.1. The van der Waals surface area contributed by atoms with E-state index in [1.165, 1.54) is 72.3 Å². The number of anilines is 1. The van der Waals surface area contributed by atoms with Crippen LogP contribution < -0.4 is 10.2 Å². The average Bonchev–Trinajstić information content (AvgIpc) is 3.24. The molecule has 5 rings (SSSR count). The monoisotopic (exact) mass is 429 g/mol. The van der Waals surface area contributed by atoms with Crippen molar-refractivity contribution in [2.45, 2.75) is 71.0 Å². The van der Waals surface area contributed by atoms with E-state index < -0.39 is 0 Å². The van der Waals surface area contributed by atoms with Crippen LogP contribution in [-0.4, -0.2) is 49.2 Å². The lowest BCUT2D eigenvalue weighted by Gasteiger charge is -2.39. The highest BCUT2D eigenvalue weighted by Crippen LogP contribution is 2.35. The van der Waals surface area contributed by atoms with Crippen LogP contribution in [0.2, 0.25) is 0 Å². The van der Waals surface area contributed by atoms with Gasteiger partial charge in [0.1, 0.15) is 0 Å². The predicted octanol–water partition coefficient (Wildman–Crippen LogP) is 5.52. The lowest BCUT2D eigenvalue weighted by atomic mass is 9.96. The average molecular weight is 430 g/mol. The number of nitrogens with one attached hydrogen (secondary N) is 1. The van der Waals surface area contributed by atoms with Crippen molar-refractivity contribution < 1.29 is 0 Å². The van der Waals surface area contributed by atoms with Crippen LogP contribution in [-0.2, 0) is 6.42 Å². The Bertz CT molecular complexity index is 960. The molecule has 3 heteroatoms. The fourth-order valence-electron chi connectivity index (χ4n) is 5.83. The van der Waals surface area contributed by atoms with Crippen LogP contribution in [0.15, 0.2) is 42.5 Å². The van der Waals surface area contributed by atoms with Gasteiger partial charge in [-0.15, -0.1) is 0 Å². The lowest BCUT2D eigenvalue weighted by molar-refractivity contribution is 0.154. The molecule has 2 aromatic rings. The first-order valence-electron chi connectivity index (χ1n) is 12.7. The minimum absolute atomic E-state index is 0.679. The number of rotatable bonds is 5. The van der Waals surface area contributed by atoms with Gasteiger partial charge in [0, 0.05) is 36.9 Å². The number of allylic oxidation sites excluding steroid dienone is 1. The molecule has 2 heterocycles. The quantitative estimate of drug-likeness (QED) is 0.675. The van der Waals surface area contributed by atoms with Gasteiger partial charge in [0.25, 0.3) is 0 Å². The van der Waals surface area contributed by atoms with Crippen LogP contribution >= 0.6 is 0 Å². The Morgan fingerprint density at radius 3 is 2.25 bits per heavy atom. The highest BCUT2D eigenvalue weighted by molar-refractivity contribution is 5.90. The summed E-state index contributed by atoms with van der Waals surface area (Å²) in [5.41, 5.74) is 8.52. The fourth-order valence-corrected chi connectivity index (χ4v) is 5.83. The van der Waals surface area contributed by atoms with Crippen LogP contribution in [0, 0.1) is 6.92 Å². The van der Waals surface area contributed by atoms with Gasteiger partial charge in [-0.2, -0.15) is 0 Å². The van der Waals surface area contributed by atoms with Crippen LogP contribution in [0.25, 0.3) is 11.6 Å². The molecule has 2 aromatic carbocycles. The molecule has 0 saturated carbocycles. The van der Waals surface area contributed by atoms with Crippen molar-refractivity contribution in [3.05, 3.63) is 64.7 Å². The summed E-state index contributed by atoms with van der Waals surface area (Å²) >= 11 is 0. The summed E-state index contributed by atoms with van der Waals surface area (Å²) in [5.74, 6) is 0. The number of hydrogen-bond acceptors (Lipinski definition) is 3. The third-order valence-corrected chi connectivity index (χ3v) is 7.92. The van der Waals surface area contributed by atoms with Gasteiger partial charge in [-0.05, 0) is 106 Å². The molecule has 0 spiro atoms. The van der Waals surface area contributed by atoms with E-state index in [0.717, 1.165) is 19.5 Å². The summed E-state index contributed by atoms with van der Waals surface area (Å²) in [5, 5.41) is 4.00. The van der Waals surface area contributed by atoms with E-state index in [9.17, 15) is 0 Å². The summed E-state index contributed by atoms with van der Waals surface area (Å²) in [6, 6.07) is 18.0. The number of nitrogens with zero attached hydrogens (tertiary/aromatic N) is 2. The summed E-state index contributed by atoms with van der Waals surface area (Å²) < 4.78 is 0. The second-order valence-electron chi connectivity index (χ2n) is 10.4. The minimum Gasteiger partial charge on any atom is -0.371 e. The van der Waals surface area contributed by atoms with Crippen molar-refractivity contribution in [2.75, 3.05) is 31.1 Å². The molecule has 170 valence electrons. The van der Waals surface area contributed by atoms with Gasteiger partial charge < -0.3 is 15.1 Å². The van der Waals surface area contributed by atoms with Crippen molar-refractivity contribution in [1.29, 1.82) is 0 Å². The molecule has 2 fully saturated rings. The third kappa shape index (κ3) is 4.65. The largest absolute Gasteiger partial charge is 0.371 e. The minimum atomic E-state index is 0.679. The molecule has 0 unspecified atom stereocenters. The number of aryl methyl sites for hydroxylation is 1. The number of benzene rings is 2. The van der Waals surface area contributed by atoms with Gasteiger partial charge in [-0.1, -0.05) is 36.4 Å². The first-order chi connectivity index (χ1) is 15.6. The van der Waals surface area contributed by atoms with E-state index >= 15 is 0 Å². The molecule has 3 nitrogen and oxygen atoms in total. The van der Waals surface area contributed by atoms with Crippen molar-refractivity contribution >= 4 is 17.3 Å². The van der Waals surface area contributed by atoms with Crippen LogP contribution in [0.3, 0.4) is 0 Å². The first-order valence-corrected chi connectivity index (χ1v) is 12.7. The SMILES string of the molecule is Cc1ccc(N2CCC(NC3CCN(C(C)C)CC3)CC2)cc1C1=Cc2ccccc2C1. The molecular formula is C29H39N3. The molecule has 0 amide bonds. The maximum Gasteiger partial charge on any atom is 0.0372 e. The number of piperidine rings is 2. The van der Waals surface area contributed by atoms with E-state index in [2.05, 4.69) is 84.4 Å². The fraction of sp³-hybridized carbons (Fsp3) is 0.517. The highest BCUT2D eigenvalue weighted by atomic mass is 15.2. The van der Waals surface area contributed by atoms with Gasteiger partial charge in [-0.3, -0.25) is 0 Å². The van der Waals surface area contributed by atoms with Crippen molar-refractivity contribution in [1.82, 2.24) is 10.2 Å². The Kier molecular flexibility index (Phi) is 6.39. The molecule has 32 heavy (non-hydrogen) atoms. The molecule has 0 aromatic heterocycles. The van der Waals surface area contributed by atoms with Crippen LogP contribution in [0.4, 0.5) is 5.69 Å². The van der Waals surface area contributed by atoms with E-state index in [1.807, 2.05) is 0 Å². The molecule has 3 aliphatic rings. The van der Waals surface area contributed by atoms with Gasteiger partial charge >= 0.3 is 0 Å².